The van der Waals surface area contributed by atoms with E-state index in [0.717, 1.165) is 36.2 Å². The fraction of sp³-hybridized carbons (Fsp3) is 0.368. The highest BCUT2D eigenvalue weighted by Gasteiger charge is 2.27. The van der Waals surface area contributed by atoms with Gasteiger partial charge >= 0.3 is 6.09 Å². The maximum Gasteiger partial charge on any atom is 0.407 e. The van der Waals surface area contributed by atoms with Crippen molar-refractivity contribution in [3.8, 4) is 39.5 Å². The minimum absolute atomic E-state index is 0.0361. The van der Waals surface area contributed by atoms with Crippen molar-refractivity contribution in [3.63, 3.8) is 0 Å². The molecule has 0 aliphatic carbocycles. The summed E-state index contributed by atoms with van der Waals surface area (Å²) in [4.78, 5) is 36.6. The standard InChI is InChI=1S/C38H40Cl3N5O5/c1-38(2,50)13-16-45-15-12-22-17-24(18-30(39)29(22)21-45)35-34(41)27(11-14-42-35)26-5-4-6-28(33(26)40)31-9-7-23(36(44-31)51-3)19-46(37(48)49)20-25-8-10-32(47)43-25/h4-7,9,11,14,17-18,25,50H,8,10,12-13,15-16,19-21H2,1-3H3,(H,43,47)(H,48,49)/t25-/m0/s1. The number of ether oxygens (including phenoxy) is 1. The van der Waals surface area contributed by atoms with E-state index in [1.54, 1.807) is 18.3 Å². The number of carbonyl (C=O) groups excluding carboxylic acids is 1. The number of halogens is 3. The average Bonchev–Trinajstić information content (AvgIpc) is 3.51. The van der Waals surface area contributed by atoms with Crippen LogP contribution in [0.25, 0.3) is 33.6 Å². The molecule has 4 aromatic rings. The van der Waals surface area contributed by atoms with Crippen molar-refractivity contribution in [2.75, 3.05) is 26.7 Å². The summed E-state index contributed by atoms with van der Waals surface area (Å²) in [7, 11) is 1.48. The Morgan fingerprint density at radius 2 is 1.84 bits per heavy atom. The lowest BCUT2D eigenvalue weighted by molar-refractivity contribution is -0.119. The Hall–Kier alpha value is -3.93. The molecule has 3 N–H and O–H groups in total. The van der Waals surface area contributed by atoms with Gasteiger partial charge in [0.25, 0.3) is 0 Å². The number of amides is 2. The van der Waals surface area contributed by atoms with E-state index in [-0.39, 0.29) is 30.9 Å². The summed E-state index contributed by atoms with van der Waals surface area (Å²) in [5.74, 6) is 0.192. The first kappa shape index (κ1) is 36.8. The van der Waals surface area contributed by atoms with Crippen LogP contribution in [0.3, 0.4) is 0 Å². The number of hydrogen-bond donors (Lipinski definition) is 3. The molecule has 1 fully saturated rings. The summed E-state index contributed by atoms with van der Waals surface area (Å²) in [5.41, 5.74) is 6.06. The van der Waals surface area contributed by atoms with Crippen LogP contribution in [-0.2, 0) is 24.3 Å². The monoisotopic (exact) mass is 751 g/mol. The Morgan fingerprint density at radius 1 is 1.08 bits per heavy atom. The maximum absolute atomic E-state index is 12.1. The normalized spacial score (nSPS) is 16.1. The van der Waals surface area contributed by atoms with Gasteiger partial charge in [-0.1, -0.05) is 53.0 Å². The number of aromatic nitrogens is 2. The van der Waals surface area contributed by atoms with Crippen LogP contribution in [0.2, 0.25) is 15.1 Å². The molecule has 2 aromatic heterocycles. The molecule has 2 aromatic carbocycles. The van der Waals surface area contributed by atoms with Gasteiger partial charge < -0.3 is 25.2 Å². The first-order valence-corrected chi connectivity index (χ1v) is 18.0. The smallest absolute Gasteiger partial charge is 0.407 e. The third-order valence-corrected chi connectivity index (χ3v) is 10.6. The van der Waals surface area contributed by atoms with Gasteiger partial charge in [0.05, 0.1) is 40.7 Å². The number of rotatable bonds is 11. The van der Waals surface area contributed by atoms with Gasteiger partial charge in [0.15, 0.2) is 0 Å². The van der Waals surface area contributed by atoms with Gasteiger partial charge in [-0.3, -0.25) is 14.7 Å². The van der Waals surface area contributed by atoms with Crippen LogP contribution in [0.15, 0.2) is 54.7 Å². The van der Waals surface area contributed by atoms with Crippen molar-refractivity contribution in [2.24, 2.45) is 0 Å². The van der Waals surface area contributed by atoms with Gasteiger partial charge in [0, 0.05) is 77.7 Å². The largest absolute Gasteiger partial charge is 0.481 e. The Bertz CT molecular complexity index is 1970. The Kier molecular flexibility index (Phi) is 11.1. The zero-order valence-electron chi connectivity index (χ0n) is 28.7. The van der Waals surface area contributed by atoms with Crippen LogP contribution in [0, 0.1) is 0 Å². The van der Waals surface area contributed by atoms with Crippen LogP contribution in [0.1, 0.15) is 49.8 Å². The molecule has 2 aliphatic heterocycles. The Morgan fingerprint density at radius 3 is 2.55 bits per heavy atom. The summed E-state index contributed by atoms with van der Waals surface area (Å²) in [6, 6.07) is 14.8. The zero-order chi connectivity index (χ0) is 36.4. The predicted octanol–water partition coefficient (Wildman–Crippen LogP) is 7.72. The second-order valence-electron chi connectivity index (χ2n) is 13.7. The molecule has 51 heavy (non-hydrogen) atoms. The highest BCUT2D eigenvalue weighted by molar-refractivity contribution is 6.39. The SMILES string of the molecule is COc1nc(-c2cccc(-c3ccnc(-c4cc(Cl)c5c(c4)CCN(CCC(C)(C)O)C5)c3Cl)c2Cl)ccc1CN(C[C@@H]1CCC(=O)N1)C(=O)O. The predicted molar refractivity (Wildman–Crippen MR) is 199 cm³/mol. The second kappa shape index (κ2) is 15.4. The minimum Gasteiger partial charge on any atom is -0.481 e. The highest BCUT2D eigenvalue weighted by atomic mass is 35.5. The lowest BCUT2D eigenvalue weighted by Crippen LogP contribution is -2.41. The Labute approximate surface area is 312 Å². The summed E-state index contributed by atoms with van der Waals surface area (Å²) < 4.78 is 5.60. The van der Waals surface area contributed by atoms with Crippen molar-refractivity contribution < 1.29 is 24.5 Å². The van der Waals surface area contributed by atoms with Gasteiger partial charge in [-0.2, -0.15) is 0 Å². The maximum atomic E-state index is 12.1. The number of pyridine rings is 2. The molecular weight excluding hydrogens is 713 g/mol. The lowest BCUT2D eigenvalue weighted by Gasteiger charge is -2.31. The number of nitrogens with one attached hydrogen (secondary N) is 1. The van der Waals surface area contributed by atoms with Crippen LogP contribution >= 0.6 is 34.8 Å². The molecule has 0 saturated carbocycles. The molecule has 0 spiro atoms. The van der Waals surface area contributed by atoms with Gasteiger partial charge in [-0.25, -0.2) is 9.78 Å². The van der Waals surface area contributed by atoms with Crippen LogP contribution in [0.4, 0.5) is 4.79 Å². The summed E-state index contributed by atoms with van der Waals surface area (Å²) in [6.07, 6.45) is 3.07. The number of aliphatic hydroxyl groups is 1. The van der Waals surface area contributed by atoms with E-state index in [9.17, 15) is 19.8 Å². The van der Waals surface area contributed by atoms with E-state index >= 15 is 0 Å². The third-order valence-electron chi connectivity index (χ3n) is 9.42. The number of methoxy groups -OCH3 is 1. The molecule has 13 heteroatoms. The molecule has 0 radical (unpaired) electrons. The van der Waals surface area contributed by atoms with E-state index in [0.29, 0.717) is 74.5 Å². The van der Waals surface area contributed by atoms with Gasteiger partial charge in [0.2, 0.25) is 11.8 Å². The van der Waals surface area contributed by atoms with Crippen molar-refractivity contribution in [3.05, 3.63) is 86.5 Å². The number of carboxylic acid groups (broad SMARTS) is 1. The van der Waals surface area contributed by atoms with Crippen molar-refractivity contribution in [2.45, 2.75) is 64.3 Å². The fourth-order valence-corrected chi connectivity index (χ4v) is 7.58. The van der Waals surface area contributed by atoms with E-state index < -0.39 is 11.7 Å². The molecule has 2 aliphatic rings. The molecule has 268 valence electrons. The van der Waals surface area contributed by atoms with Gasteiger partial charge in [-0.15, -0.1) is 0 Å². The number of carbonyl (C=O) groups is 2. The molecule has 4 heterocycles. The van der Waals surface area contributed by atoms with Gasteiger partial charge in [0.1, 0.15) is 0 Å². The first-order valence-electron chi connectivity index (χ1n) is 16.8. The number of fused-ring (bicyclic) bond motifs is 1. The molecule has 0 bridgehead atoms. The summed E-state index contributed by atoms with van der Waals surface area (Å²) in [5, 5.41) is 24.4. The number of nitrogens with zero attached hydrogens (tertiary/aromatic N) is 4. The first-order chi connectivity index (χ1) is 24.3. The number of hydrogen-bond acceptors (Lipinski definition) is 7. The average molecular weight is 753 g/mol. The van der Waals surface area contributed by atoms with Gasteiger partial charge in [-0.05, 0) is 74.6 Å². The van der Waals surface area contributed by atoms with Crippen LogP contribution in [-0.4, -0.2) is 80.4 Å². The highest BCUT2D eigenvalue weighted by Crippen LogP contribution is 2.43. The van der Waals surface area contributed by atoms with E-state index in [4.69, 9.17) is 44.5 Å². The van der Waals surface area contributed by atoms with E-state index in [1.807, 2.05) is 44.2 Å². The molecular formula is C38H40Cl3N5O5. The van der Waals surface area contributed by atoms with Crippen LogP contribution in [0.5, 0.6) is 5.88 Å². The van der Waals surface area contributed by atoms with Crippen molar-refractivity contribution in [1.29, 1.82) is 0 Å². The quantitative estimate of drug-likeness (QED) is 0.142. The topological polar surface area (TPSA) is 128 Å². The second-order valence-corrected chi connectivity index (χ2v) is 14.9. The van der Waals surface area contributed by atoms with Crippen molar-refractivity contribution in [1.82, 2.24) is 25.1 Å². The summed E-state index contributed by atoms with van der Waals surface area (Å²) >= 11 is 21.0. The molecule has 2 amide bonds. The molecule has 1 atom stereocenters. The van der Waals surface area contributed by atoms with E-state index in [1.165, 1.54) is 12.0 Å². The summed E-state index contributed by atoms with van der Waals surface area (Å²) in [6.45, 7) is 6.21. The molecule has 0 unspecified atom stereocenters. The molecule has 1 saturated heterocycles. The molecule has 10 nitrogen and oxygen atoms in total. The van der Waals surface area contributed by atoms with Crippen molar-refractivity contribution >= 4 is 46.8 Å². The zero-order valence-corrected chi connectivity index (χ0v) is 30.9. The fourth-order valence-electron chi connectivity index (χ4n) is 6.64. The van der Waals surface area contributed by atoms with Crippen LogP contribution < -0.4 is 10.1 Å². The van der Waals surface area contributed by atoms with E-state index in [2.05, 4.69) is 21.3 Å². The lowest BCUT2D eigenvalue weighted by atomic mass is 9.94. The minimum atomic E-state index is -1.10. The molecule has 6 rings (SSSR count). The third kappa shape index (κ3) is 8.42. The number of benzene rings is 2. The Balaban J connectivity index is 1.26.